The van der Waals surface area contributed by atoms with Crippen molar-refractivity contribution in [1.82, 2.24) is 15.8 Å². The SMILES string of the molecule is N[C@@H]1CCN(C(=O)C2CNNC2c2cccc(OC(F)F)c2)C1. The number of nitrogens with two attached hydrogens (primary N) is 1. The molecule has 0 aliphatic carbocycles. The van der Waals surface area contributed by atoms with Crippen LogP contribution in [0.1, 0.15) is 18.0 Å². The molecule has 2 aliphatic rings. The normalized spacial score (nSPS) is 27.7. The molecule has 1 amide bonds. The highest BCUT2D eigenvalue weighted by Gasteiger charge is 2.38. The van der Waals surface area contributed by atoms with Gasteiger partial charge in [0.2, 0.25) is 5.91 Å². The maximum atomic E-state index is 12.7. The first-order valence-corrected chi connectivity index (χ1v) is 7.62. The smallest absolute Gasteiger partial charge is 0.387 e. The van der Waals surface area contributed by atoms with Crippen LogP contribution in [0.15, 0.2) is 24.3 Å². The van der Waals surface area contributed by atoms with E-state index in [-0.39, 0.29) is 29.7 Å². The van der Waals surface area contributed by atoms with E-state index in [1.165, 1.54) is 12.1 Å². The third-order valence-corrected chi connectivity index (χ3v) is 4.28. The van der Waals surface area contributed by atoms with Crippen molar-refractivity contribution in [3.05, 3.63) is 29.8 Å². The Hall–Kier alpha value is -1.77. The molecule has 2 unspecified atom stereocenters. The summed E-state index contributed by atoms with van der Waals surface area (Å²) in [4.78, 5) is 14.5. The first-order valence-electron chi connectivity index (χ1n) is 7.62. The van der Waals surface area contributed by atoms with E-state index in [1.807, 2.05) is 0 Å². The van der Waals surface area contributed by atoms with E-state index in [1.54, 1.807) is 17.0 Å². The number of hydrogen-bond donors (Lipinski definition) is 3. The molecule has 8 heteroatoms. The van der Waals surface area contributed by atoms with Gasteiger partial charge in [0.25, 0.3) is 0 Å². The van der Waals surface area contributed by atoms with Crippen LogP contribution in [0, 0.1) is 5.92 Å². The van der Waals surface area contributed by atoms with E-state index in [4.69, 9.17) is 5.73 Å². The van der Waals surface area contributed by atoms with Gasteiger partial charge in [0, 0.05) is 25.7 Å². The number of carbonyl (C=O) groups is 1. The van der Waals surface area contributed by atoms with Gasteiger partial charge in [-0.3, -0.25) is 10.2 Å². The Kier molecular flexibility index (Phi) is 4.74. The molecule has 2 saturated heterocycles. The van der Waals surface area contributed by atoms with Crippen molar-refractivity contribution in [3.8, 4) is 5.75 Å². The number of rotatable bonds is 4. The van der Waals surface area contributed by atoms with Crippen LogP contribution < -0.4 is 21.3 Å². The van der Waals surface area contributed by atoms with Crippen LogP contribution >= 0.6 is 0 Å². The van der Waals surface area contributed by atoms with E-state index in [9.17, 15) is 13.6 Å². The third kappa shape index (κ3) is 3.60. The summed E-state index contributed by atoms with van der Waals surface area (Å²) >= 11 is 0. The first-order chi connectivity index (χ1) is 11.0. The van der Waals surface area contributed by atoms with Crippen LogP contribution in [0.3, 0.4) is 0 Å². The fourth-order valence-corrected chi connectivity index (χ4v) is 3.15. The Morgan fingerprint density at radius 1 is 1.43 bits per heavy atom. The molecular formula is C15H20F2N4O2. The van der Waals surface area contributed by atoms with E-state index in [0.717, 1.165) is 12.0 Å². The van der Waals surface area contributed by atoms with E-state index < -0.39 is 6.61 Å². The summed E-state index contributed by atoms with van der Waals surface area (Å²) in [7, 11) is 0. The summed E-state index contributed by atoms with van der Waals surface area (Å²) in [5, 5.41) is 0. The Labute approximate surface area is 132 Å². The molecule has 2 aliphatic heterocycles. The lowest BCUT2D eigenvalue weighted by atomic mass is 9.93. The number of nitrogens with one attached hydrogen (secondary N) is 2. The van der Waals surface area contributed by atoms with Crippen LogP contribution in [0.2, 0.25) is 0 Å². The maximum Gasteiger partial charge on any atom is 0.387 e. The number of ether oxygens (including phenoxy) is 1. The summed E-state index contributed by atoms with van der Waals surface area (Å²) < 4.78 is 29.1. The molecule has 4 N–H and O–H groups in total. The molecule has 0 bridgehead atoms. The number of carbonyl (C=O) groups excluding carboxylic acids is 1. The molecule has 2 heterocycles. The van der Waals surface area contributed by atoms with Crippen molar-refractivity contribution >= 4 is 5.91 Å². The van der Waals surface area contributed by atoms with Crippen molar-refractivity contribution in [3.63, 3.8) is 0 Å². The van der Waals surface area contributed by atoms with Gasteiger partial charge in [-0.05, 0) is 24.1 Å². The standard InChI is InChI=1S/C15H20F2N4O2/c16-15(17)23-11-3-1-2-9(6-11)13-12(7-19-20-13)14(22)21-5-4-10(18)8-21/h1-3,6,10,12-13,15,19-20H,4-5,7-8,18H2/t10-,12?,13?/m1/s1. The lowest BCUT2D eigenvalue weighted by Gasteiger charge is -2.24. The highest BCUT2D eigenvalue weighted by Crippen LogP contribution is 2.30. The predicted molar refractivity (Wildman–Crippen MR) is 79.6 cm³/mol. The summed E-state index contributed by atoms with van der Waals surface area (Å²) in [5.74, 6) is -0.191. The van der Waals surface area contributed by atoms with Crippen LogP contribution in [0.4, 0.5) is 8.78 Å². The van der Waals surface area contributed by atoms with Crippen molar-refractivity contribution in [1.29, 1.82) is 0 Å². The van der Waals surface area contributed by atoms with E-state index >= 15 is 0 Å². The molecule has 0 spiro atoms. The van der Waals surface area contributed by atoms with Crippen LogP contribution in [-0.4, -0.2) is 43.1 Å². The zero-order valence-corrected chi connectivity index (χ0v) is 12.5. The van der Waals surface area contributed by atoms with Crippen molar-refractivity contribution < 1.29 is 18.3 Å². The summed E-state index contributed by atoms with van der Waals surface area (Å²) in [6, 6.07) is 6.17. The highest BCUT2D eigenvalue weighted by atomic mass is 19.3. The summed E-state index contributed by atoms with van der Waals surface area (Å²) in [5.41, 5.74) is 12.6. The molecule has 1 aromatic carbocycles. The van der Waals surface area contributed by atoms with Gasteiger partial charge in [0.15, 0.2) is 0 Å². The second-order valence-electron chi connectivity index (χ2n) is 5.89. The number of benzene rings is 1. The minimum Gasteiger partial charge on any atom is -0.435 e. The summed E-state index contributed by atoms with van der Waals surface area (Å²) in [6.07, 6.45) is 0.807. The minimum atomic E-state index is -2.87. The number of nitrogens with zero attached hydrogens (tertiary/aromatic N) is 1. The van der Waals surface area contributed by atoms with Gasteiger partial charge in [0.05, 0.1) is 12.0 Å². The van der Waals surface area contributed by atoms with Gasteiger partial charge in [0.1, 0.15) is 5.75 Å². The zero-order valence-electron chi connectivity index (χ0n) is 12.5. The van der Waals surface area contributed by atoms with Crippen LogP contribution in [0.25, 0.3) is 0 Å². The van der Waals surface area contributed by atoms with Gasteiger partial charge < -0.3 is 15.4 Å². The van der Waals surface area contributed by atoms with E-state index in [2.05, 4.69) is 15.6 Å². The molecule has 0 aromatic heterocycles. The molecular weight excluding hydrogens is 306 g/mol. The molecule has 1 aromatic rings. The fourth-order valence-electron chi connectivity index (χ4n) is 3.15. The number of alkyl halides is 2. The Bertz CT molecular complexity index is 572. The van der Waals surface area contributed by atoms with Gasteiger partial charge in [-0.2, -0.15) is 8.78 Å². The summed E-state index contributed by atoms with van der Waals surface area (Å²) in [6.45, 7) is -1.16. The Morgan fingerprint density at radius 2 is 2.26 bits per heavy atom. The third-order valence-electron chi connectivity index (χ3n) is 4.28. The quantitative estimate of drug-likeness (QED) is 0.756. The lowest BCUT2D eigenvalue weighted by Crippen LogP contribution is -2.39. The first kappa shape index (κ1) is 16.1. The number of amides is 1. The number of hydrazine groups is 1. The fraction of sp³-hybridized carbons (Fsp3) is 0.533. The topological polar surface area (TPSA) is 79.6 Å². The Morgan fingerprint density at radius 3 is 2.96 bits per heavy atom. The van der Waals surface area contributed by atoms with Gasteiger partial charge in [-0.1, -0.05) is 12.1 Å². The molecule has 3 rings (SSSR count). The molecule has 0 radical (unpaired) electrons. The van der Waals surface area contributed by atoms with Crippen molar-refractivity contribution in [2.45, 2.75) is 25.1 Å². The van der Waals surface area contributed by atoms with Gasteiger partial charge in [-0.15, -0.1) is 0 Å². The maximum absolute atomic E-state index is 12.7. The lowest BCUT2D eigenvalue weighted by molar-refractivity contribution is -0.134. The largest absolute Gasteiger partial charge is 0.435 e. The molecule has 3 atom stereocenters. The van der Waals surface area contributed by atoms with Crippen molar-refractivity contribution in [2.24, 2.45) is 11.7 Å². The van der Waals surface area contributed by atoms with Gasteiger partial charge in [-0.25, -0.2) is 5.43 Å². The van der Waals surface area contributed by atoms with Crippen molar-refractivity contribution in [2.75, 3.05) is 19.6 Å². The van der Waals surface area contributed by atoms with E-state index in [0.29, 0.717) is 19.6 Å². The number of halogens is 2. The average molecular weight is 326 g/mol. The number of hydrogen-bond acceptors (Lipinski definition) is 5. The van der Waals surface area contributed by atoms with Crippen LogP contribution in [0.5, 0.6) is 5.75 Å². The highest BCUT2D eigenvalue weighted by molar-refractivity contribution is 5.80. The molecule has 126 valence electrons. The second kappa shape index (κ2) is 6.77. The van der Waals surface area contributed by atoms with Crippen LogP contribution in [-0.2, 0) is 4.79 Å². The van der Waals surface area contributed by atoms with Gasteiger partial charge >= 0.3 is 6.61 Å². The zero-order chi connectivity index (χ0) is 16.4. The predicted octanol–water partition coefficient (Wildman–Crippen LogP) is 0.613. The molecule has 2 fully saturated rings. The molecule has 0 saturated carbocycles. The second-order valence-corrected chi connectivity index (χ2v) is 5.89. The Balaban J connectivity index is 1.75. The average Bonchev–Trinajstić information content (AvgIpc) is 3.15. The minimum absolute atomic E-state index is 0.0284. The molecule has 23 heavy (non-hydrogen) atoms. The molecule has 6 nitrogen and oxygen atoms in total. The monoisotopic (exact) mass is 326 g/mol. The number of likely N-dealkylation sites (tertiary alicyclic amines) is 1.